The van der Waals surface area contributed by atoms with Crippen molar-refractivity contribution in [2.75, 3.05) is 12.0 Å². The van der Waals surface area contributed by atoms with Crippen molar-refractivity contribution in [2.24, 2.45) is 0 Å². The highest BCUT2D eigenvalue weighted by atomic mass is 127. The molecule has 1 fully saturated rings. The van der Waals surface area contributed by atoms with Crippen LogP contribution in [-0.4, -0.2) is 25.0 Å². The number of nitrogens with zero attached hydrogens (tertiary/aromatic N) is 1. The summed E-state index contributed by atoms with van der Waals surface area (Å²) in [5.41, 5.74) is 2.23. The molecule has 1 aliphatic rings. The Morgan fingerprint density at radius 1 is 1.09 bits per heavy atom. The topological polar surface area (TPSA) is 75.7 Å². The van der Waals surface area contributed by atoms with Crippen molar-refractivity contribution in [1.29, 1.82) is 0 Å². The summed E-state index contributed by atoms with van der Waals surface area (Å²) in [5, 5.41) is 2.64. The summed E-state index contributed by atoms with van der Waals surface area (Å²) in [6, 6.07) is 15.1. The molecule has 0 atom stereocenters. The molecule has 34 heavy (non-hydrogen) atoms. The molecule has 4 amide bonds. The van der Waals surface area contributed by atoms with Gasteiger partial charge in [-0.05, 0) is 88.3 Å². The largest absolute Gasteiger partial charge is 0.496 e. The lowest BCUT2D eigenvalue weighted by atomic mass is 10.0. The molecule has 0 spiro atoms. The van der Waals surface area contributed by atoms with Gasteiger partial charge in [-0.25, -0.2) is 14.1 Å². The Balaban J connectivity index is 1.70. The van der Waals surface area contributed by atoms with Crippen LogP contribution in [0.25, 0.3) is 6.08 Å². The van der Waals surface area contributed by atoms with Crippen molar-refractivity contribution < 1.29 is 23.5 Å². The summed E-state index contributed by atoms with van der Waals surface area (Å²) in [4.78, 5) is 38.8. The van der Waals surface area contributed by atoms with Crippen LogP contribution >= 0.6 is 34.2 Å². The first kappa shape index (κ1) is 23.9. The van der Waals surface area contributed by atoms with Crippen LogP contribution in [0, 0.1) is 9.39 Å². The van der Waals surface area contributed by atoms with Gasteiger partial charge in [-0.2, -0.15) is 0 Å². The van der Waals surface area contributed by atoms with Gasteiger partial charge >= 0.3 is 6.03 Å². The highest BCUT2D eigenvalue weighted by Crippen LogP contribution is 2.31. The Morgan fingerprint density at radius 3 is 2.50 bits per heavy atom. The molecule has 172 valence electrons. The highest BCUT2D eigenvalue weighted by molar-refractivity contribution is 14.1. The van der Waals surface area contributed by atoms with E-state index in [4.69, 9.17) is 16.3 Å². The minimum Gasteiger partial charge on any atom is -0.496 e. The van der Waals surface area contributed by atoms with Gasteiger partial charge in [-0.3, -0.25) is 14.9 Å². The lowest BCUT2D eigenvalue weighted by Crippen LogP contribution is -2.54. The van der Waals surface area contributed by atoms with E-state index >= 15 is 0 Å². The Morgan fingerprint density at radius 2 is 1.82 bits per heavy atom. The van der Waals surface area contributed by atoms with Gasteiger partial charge in [0.25, 0.3) is 11.8 Å². The predicted molar refractivity (Wildman–Crippen MR) is 135 cm³/mol. The van der Waals surface area contributed by atoms with Crippen molar-refractivity contribution in [1.82, 2.24) is 5.32 Å². The first-order valence-corrected chi connectivity index (χ1v) is 11.5. The van der Waals surface area contributed by atoms with Crippen molar-refractivity contribution in [3.05, 3.63) is 97.3 Å². The van der Waals surface area contributed by atoms with Crippen molar-refractivity contribution in [3.63, 3.8) is 0 Å². The summed E-state index contributed by atoms with van der Waals surface area (Å²) in [7, 11) is 1.51. The maximum atomic E-state index is 13.6. The molecule has 0 aromatic heterocycles. The number of nitrogens with one attached hydrogen (secondary N) is 1. The molecule has 3 aromatic rings. The normalized spacial score (nSPS) is 15.0. The fourth-order valence-electron chi connectivity index (χ4n) is 3.57. The van der Waals surface area contributed by atoms with Gasteiger partial charge in [0.2, 0.25) is 0 Å². The number of amides is 4. The molecule has 4 rings (SSSR count). The van der Waals surface area contributed by atoms with E-state index in [2.05, 4.69) is 27.9 Å². The third-order valence-corrected chi connectivity index (χ3v) is 6.38. The van der Waals surface area contributed by atoms with Crippen LogP contribution in [-0.2, 0) is 16.0 Å². The molecule has 0 aliphatic carbocycles. The molecule has 0 unspecified atom stereocenters. The number of hydrogen-bond donors (Lipinski definition) is 1. The van der Waals surface area contributed by atoms with Crippen molar-refractivity contribution in [3.8, 4) is 5.75 Å². The zero-order valence-electron chi connectivity index (χ0n) is 17.8. The number of carbonyl (C=O) groups is 3. The van der Waals surface area contributed by atoms with Gasteiger partial charge in [0, 0.05) is 20.6 Å². The SMILES string of the molecule is COc1cc(/C=C2\C(=O)NC(=O)N(c3ccc(Cl)cc3)C2=O)cc(I)c1Cc1cccc(F)c1. The number of rotatable bonds is 5. The average Bonchev–Trinajstić information content (AvgIpc) is 2.79. The van der Waals surface area contributed by atoms with Gasteiger partial charge in [-0.1, -0.05) is 23.7 Å². The summed E-state index contributed by atoms with van der Waals surface area (Å²) in [6.07, 6.45) is 1.85. The average molecular weight is 591 g/mol. The molecule has 1 aliphatic heterocycles. The van der Waals surface area contributed by atoms with Crippen LogP contribution in [0.5, 0.6) is 5.75 Å². The number of benzene rings is 3. The van der Waals surface area contributed by atoms with E-state index in [9.17, 15) is 18.8 Å². The van der Waals surface area contributed by atoms with Gasteiger partial charge in [0.05, 0.1) is 12.8 Å². The molecule has 0 bridgehead atoms. The van der Waals surface area contributed by atoms with E-state index in [0.717, 1.165) is 19.6 Å². The molecule has 0 radical (unpaired) electrons. The molecule has 1 heterocycles. The smallest absolute Gasteiger partial charge is 0.335 e. The summed E-state index contributed by atoms with van der Waals surface area (Å²) in [5.74, 6) is -1.35. The number of ether oxygens (including phenoxy) is 1. The number of carbonyl (C=O) groups excluding carboxylic acids is 3. The van der Waals surface area contributed by atoms with Gasteiger partial charge in [0.1, 0.15) is 17.1 Å². The Hall–Kier alpha value is -3.24. The van der Waals surface area contributed by atoms with Crippen LogP contribution in [0.4, 0.5) is 14.9 Å². The number of barbiturate groups is 1. The van der Waals surface area contributed by atoms with Crippen LogP contribution in [0.3, 0.4) is 0 Å². The number of hydrogen-bond acceptors (Lipinski definition) is 4. The van der Waals surface area contributed by atoms with Crippen molar-refractivity contribution in [2.45, 2.75) is 6.42 Å². The summed E-state index contributed by atoms with van der Waals surface area (Å²) < 4.78 is 20.0. The highest BCUT2D eigenvalue weighted by Gasteiger charge is 2.36. The number of anilines is 1. The Labute approximate surface area is 213 Å². The van der Waals surface area contributed by atoms with E-state index in [1.165, 1.54) is 37.5 Å². The van der Waals surface area contributed by atoms with E-state index in [-0.39, 0.29) is 17.1 Å². The van der Waals surface area contributed by atoms with E-state index < -0.39 is 17.8 Å². The minimum atomic E-state index is -0.841. The van der Waals surface area contributed by atoms with E-state index in [0.29, 0.717) is 22.8 Å². The maximum Gasteiger partial charge on any atom is 0.335 e. The first-order chi connectivity index (χ1) is 16.3. The zero-order chi connectivity index (χ0) is 24.4. The standard InChI is InChI=1S/C25H17ClFIN2O4/c1-34-22-13-15(12-21(28)19(22)10-14-3-2-4-17(27)9-14)11-20-23(31)29-25(33)30(24(20)32)18-7-5-16(26)6-8-18/h2-9,11-13H,10H2,1H3,(H,29,31,33)/b20-11+. The fraction of sp³-hybridized carbons (Fsp3) is 0.0800. The van der Waals surface area contributed by atoms with Gasteiger partial charge in [0.15, 0.2) is 0 Å². The van der Waals surface area contributed by atoms with E-state index in [1.807, 2.05) is 6.07 Å². The second-order valence-electron chi connectivity index (χ2n) is 7.42. The Bertz CT molecular complexity index is 1340. The molecule has 3 aromatic carbocycles. The van der Waals surface area contributed by atoms with Gasteiger partial charge in [-0.15, -0.1) is 0 Å². The molecule has 1 saturated heterocycles. The van der Waals surface area contributed by atoms with Gasteiger partial charge < -0.3 is 4.74 Å². The predicted octanol–water partition coefficient (Wildman–Crippen LogP) is 5.35. The summed E-state index contributed by atoms with van der Waals surface area (Å²) in [6.45, 7) is 0. The van der Waals surface area contributed by atoms with Crippen LogP contribution < -0.4 is 15.0 Å². The molecule has 6 nitrogen and oxygen atoms in total. The lowest BCUT2D eigenvalue weighted by molar-refractivity contribution is -0.122. The van der Waals surface area contributed by atoms with Crippen molar-refractivity contribution >= 4 is 63.8 Å². The summed E-state index contributed by atoms with van der Waals surface area (Å²) >= 11 is 8.03. The second kappa shape index (κ2) is 9.94. The van der Waals surface area contributed by atoms with Crippen LogP contribution in [0.15, 0.2) is 66.2 Å². The fourth-order valence-corrected chi connectivity index (χ4v) is 4.51. The number of methoxy groups -OCH3 is 1. The maximum absolute atomic E-state index is 13.6. The molecular formula is C25H17ClFIN2O4. The third-order valence-electron chi connectivity index (χ3n) is 5.16. The lowest BCUT2D eigenvalue weighted by Gasteiger charge is -2.26. The number of urea groups is 1. The van der Waals surface area contributed by atoms with E-state index in [1.54, 1.807) is 30.3 Å². The van der Waals surface area contributed by atoms with Crippen LogP contribution in [0.2, 0.25) is 5.02 Å². The quantitative estimate of drug-likeness (QED) is 0.247. The third kappa shape index (κ3) is 4.97. The second-order valence-corrected chi connectivity index (χ2v) is 9.02. The molecule has 1 N–H and O–H groups in total. The number of imide groups is 2. The monoisotopic (exact) mass is 590 g/mol. The zero-order valence-corrected chi connectivity index (χ0v) is 20.7. The molecular weight excluding hydrogens is 574 g/mol. The van der Waals surface area contributed by atoms with Crippen LogP contribution in [0.1, 0.15) is 16.7 Å². The molecule has 9 heteroatoms. The molecule has 0 saturated carbocycles. The Kier molecular flexibility index (Phi) is 6.99. The number of halogens is 3. The minimum absolute atomic E-state index is 0.203. The first-order valence-electron chi connectivity index (χ1n) is 10.0.